The van der Waals surface area contributed by atoms with Crippen molar-refractivity contribution in [3.05, 3.63) is 144 Å². The van der Waals surface area contributed by atoms with Crippen molar-refractivity contribution in [3.63, 3.8) is 0 Å². The highest BCUT2D eigenvalue weighted by molar-refractivity contribution is 5.92. The van der Waals surface area contributed by atoms with Crippen molar-refractivity contribution >= 4 is 41.2 Å². The van der Waals surface area contributed by atoms with Gasteiger partial charge in [0.2, 0.25) is 35.4 Å². The number of Topliss-reactive ketones (excluding diaryl/α,β-unsaturated/α-hetero) is 1. The Morgan fingerprint density at radius 3 is 0.894 bits per heavy atom. The van der Waals surface area contributed by atoms with E-state index in [2.05, 4.69) is 0 Å². The number of nitrogens with zero attached hydrogens (tertiary/aromatic N) is 6. The lowest BCUT2D eigenvalue weighted by Crippen LogP contribution is -2.51. The van der Waals surface area contributed by atoms with Gasteiger partial charge in [-0.15, -0.1) is 0 Å². The van der Waals surface area contributed by atoms with E-state index in [0.29, 0.717) is 38.8 Å². The van der Waals surface area contributed by atoms with Crippen LogP contribution in [0.5, 0.6) is 0 Å². The Hall–Kier alpha value is -6.71. The number of hydrogen-bond donors (Lipinski definition) is 2. The van der Waals surface area contributed by atoms with Gasteiger partial charge >= 0.3 is 0 Å². The first-order valence-electron chi connectivity index (χ1n) is 22.6. The van der Waals surface area contributed by atoms with E-state index in [0.717, 1.165) is 22.3 Å². The van der Waals surface area contributed by atoms with E-state index in [4.69, 9.17) is 11.5 Å². The Bertz CT molecular complexity index is 2140. The minimum atomic E-state index is -0.510. The Balaban J connectivity index is 1.60. The molecule has 6 amide bonds. The van der Waals surface area contributed by atoms with Gasteiger partial charge in [0.05, 0.1) is 19.6 Å². The van der Waals surface area contributed by atoms with E-state index in [9.17, 15) is 33.6 Å². The standard InChI is InChI=1S/C51H66N8O7/c1-41(60)31-57(33-44-21-9-4-10-22-44)51(66)40-59(35-46-25-13-6-14-26-46)50(65)37-55(30-18-16-28-53)48(63)39-58(34-45-23-11-5-12-24-45)49(64)36-54(29-17-15-27-52)47(62)38-56(42(2)61)32-43-19-7-3-8-20-43/h3-14,19-26H,15-18,27-40,52-53H2,1-2H3. The fraction of sp³-hybridized carbons (Fsp3) is 0.392. The van der Waals surface area contributed by atoms with E-state index in [1.165, 1.54) is 43.2 Å². The van der Waals surface area contributed by atoms with Crippen molar-refractivity contribution in [2.75, 3.05) is 65.4 Å². The van der Waals surface area contributed by atoms with E-state index in [1.807, 2.05) is 121 Å². The van der Waals surface area contributed by atoms with Gasteiger partial charge in [-0.25, -0.2) is 0 Å². The molecule has 0 saturated heterocycles. The summed E-state index contributed by atoms with van der Waals surface area (Å²) < 4.78 is 0. The Labute approximate surface area is 389 Å². The van der Waals surface area contributed by atoms with Crippen molar-refractivity contribution in [2.45, 2.75) is 65.7 Å². The van der Waals surface area contributed by atoms with Gasteiger partial charge in [-0.1, -0.05) is 121 Å². The van der Waals surface area contributed by atoms with Gasteiger partial charge in [-0.2, -0.15) is 0 Å². The van der Waals surface area contributed by atoms with Crippen LogP contribution in [0.3, 0.4) is 0 Å². The van der Waals surface area contributed by atoms with Crippen molar-refractivity contribution in [1.82, 2.24) is 29.4 Å². The SMILES string of the molecule is CC(=O)CN(Cc1ccccc1)C(=O)CN(Cc1ccccc1)C(=O)CN(CCCCN)C(=O)CN(Cc1ccccc1)C(=O)CN(CCCCN)C(=O)CN(Cc1ccccc1)C(C)=O. The van der Waals surface area contributed by atoms with Crippen molar-refractivity contribution in [1.29, 1.82) is 0 Å². The molecule has 352 valence electrons. The molecule has 0 fully saturated rings. The van der Waals surface area contributed by atoms with Crippen LogP contribution >= 0.6 is 0 Å². The molecule has 0 unspecified atom stereocenters. The first-order chi connectivity index (χ1) is 31.9. The van der Waals surface area contributed by atoms with Crippen LogP contribution in [0.4, 0.5) is 0 Å². The Morgan fingerprint density at radius 2 is 0.606 bits per heavy atom. The maximum Gasteiger partial charge on any atom is 0.242 e. The molecule has 0 aliphatic rings. The molecule has 0 aliphatic carbocycles. The number of hydrogen-bond acceptors (Lipinski definition) is 9. The predicted octanol–water partition coefficient (Wildman–Crippen LogP) is 3.85. The largest absolute Gasteiger partial charge is 0.332 e. The molecule has 0 aliphatic heterocycles. The maximum atomic E-state index is 14.5. The molecule has 66 heavy (non-hydrogen) atoms. The lowest BCUT2D eigenvalue weighted by molar-refractivity contribution is -0.148. The molecular weight excluding hydrogens is 837 g/mol. The summed E-state index contributed by atoms with van der Waals surface area (Å²) in [4.78, 5) is 105. The van der Waals surface area contributed by atoms with Crippen molar-refractivity contribution in [3.8, 4) is 0 Å². The van der Waals surface area contributed by atoms with Crippen LogP contribution in [-0.4, -0.2) is 136 Å². The van der Waals surface area contributed by atoms with Gasteiger partial charge in [-0.05, 0) is 68.0 Å². The van der Waals surface area contributed by atoms with Gasteiger partial charge in [0, 0.05) is 46.2 Å². The van der Waals surface area contributed by atoms with Crippen LogP contribution in [0.25, 0.3) is 0 Å². The molecule has 15 nitrogen and oxygen atoms in total. The average molecular weight is 903 g/mol. The summed E-state index contributed by atoms with van der Waals surface area (Å²) in [5, 5.41) is 0. The molecule has 0 atom stereocenters. The third-order valence-corrected chi connectivity index (χ3v) is 10.9. The topological polar surface area (TPSA) is 191 Å². The summed E-state index contributed by atoms with van der Waals surface area (Å²) >= 11 is 0. The van der Waals surface area contributed by atoms with Crippen LogP contribution in [-0.2, 0) is 59.7 Å². The van der Waals surface area contributed by atoms with Crippen LogP contribution in [0.15, 0.2) is 121 Å². The molecule has 0 spiro atoms. The number of rotatable bonds is 28. The Morgan fingerprint density at radius 1 is 0.348 bits per heavy atom. The number of nitrogens with two attached hydrogens (primary N) is 2. The van der Waals surface area contributed by atoms with E-state index < -0.39 is 42.6 Å². The first-order valence-corrected chi connectivity index (χ1v) is 22.6. The van der Waals surface area contributed by atoms with Crippen LogP contribution < -0.4 is 11.5 Å². The number of amides is 6. The van der Waals surface area contributed by atoms with Gasteiger partial charge in [0.15, 0.2) is 0 Å². The summed E-state index contributed by atoms with van der Waals surface area (Å²) in [6.07, 6.45) is 2.16. The number of carbonyl (C=O) groups excluding carboxylic acids is 7. The molecule has 15 heteroatoms. The minimum Gasteiger partial charge on any atom is -0.332 e. The van der Waals surface area contributed by atoms with Gasteiger partial charge in [-0.3, -0.25) is 33.6 Å². The fourth-order valence-corrected chi connectivity index (χ4v) is 7.25. The zero-order valence-corrected chi connectivity index (χ0v) is 38.5. The molecule has 0 aromatic heterocycles. The molecule has 4 aromatic rings. The molecule has 0 heterocycles. The average Bonchev–Trinajstić information content (AvgIpc) is 3.31. The fourth-order valence-electron chi connectivity index (χ4n) is 7.25. The molecule has 0 radical (unpaired) electrons. The quantitative estimate of drug-likeness (QED) is 0.0798. The van der Waals surface area contributed by atoms with Crippen molar-refractivity contribution in [2.24, 2.45) is 11.5 Å². The van der Waals surface area contributed by atoms with Crippen LogP contribution in [0.1, 0.15) is 61.8 Å². The third-order valence-electron chi connectivity index (χ3n) is 10.9. The minimum absolute atomic E-state index is 0.0381. The second-order valence-electron chi connectivity index (χ2n) is 16.4. The van der Waals surface area contributed by atoms with Crippen LogP contribution in [0, 0.1) is 0 Å². The summed E-state index contributed by atoms with van der Waals surface area (Å²) in [6, 6.07) is 36.9. The zero-order valence-electron chi connectivity index (χ0n) is 38.5. The number of unbranched alkanes of at least 4 members (excludes halogenated alkanes) is 2. The highest BCUT2D eigenvalue weighted by atomic mass is 16.2. The molecule has 0 saturated carbocycles. The lowest BCUT2D eigenvalue weighted by atomic mass is 10.2. The summed E-state index contributed by atoms with van der Waals surface area (Å²) in [5.74, 6) is -2.88. The van der Waals surface area contributed by atoms with E-state index >= 15 is 0 Å². The predicted molar refractivity (Wildman–Crippen MR) is 254 cm³/mol. The van der Waals surface area contributed by atoms with Crippen LogP contribution in [0.2, 0.25) is 0 Å². The van der Waals surface area contributed by atoms with Gasteiger partial charge < -0.3 is 40.9 Å². The lowest BCUT2D eigenvalue weighted by Gasteiger charge is -2.32. The molecule has 0 bridgehead atoms. The number of ketones is 1. The second-order valence-corrected chi connectivity index (χ2v) is 16.4. The highest BCUT2D eigenvalue weighted by Crippen LogP contribution is 2.14. The van der Waals surface area contributed by atoms with Crippen molar-refractivity contribution < 1.29 is 33.6 Å². The highest BCUT2D eigenvalue weighted by Gasteiger charge is 2.29. The van der Waals surface area contributed by atoms with E-state index in [1.54, 1.807) is 0 Å². The second kappa shape index (κ2) is 28.3. The zero-order chi connectivity index (χ0) is 47.7. The molecule has 4 rings (SSSR count). The monoisotopic (exact) mass is 903 g/mol. The summed E-state index contributed by atoms with van der Waals surface area (Å²) in [7, 11) is 0. The maximum absolute atomic E-state index is 14.5. The summed E-state index contributed by atoms with van der Waals surface area (Å²) in [5.41, 5.74) is 14.8. The number of benzene rings is 4. The molecule has 4 aromatic carbocycles. The number of carbonyl (C=O) groups is 7. The van der Waals surface area contributed by atoms with E-state index in [-0.39, 0.29) is 77.1 Å². The first kappa shape index (κ1) is 51.9. The normalized spacial score (nSPS) is 10.7. The smallest absolute Gasteiger partial charge is 0.242 e. The van der Waals surface area contributed by atoms with Gasteiger partial charge in [0.1, 0.15) is 25.4 Å². The third kappa shape index (κ3) is 18.4. The van der Waals surface area contributed by atoms with Gasteiger partial charge in [0.25, 0.3) is 0 Å². The molecular formula is C51H66N8O7. The summed E-state index contributed by atoms with van der Waals surface area (Å²) in [6.45, 7) is 2.46. The molecule has 4 N–H and O–H groups in total. The Kier molecular flexibility index (Phi) is 22.2.